The van der Waals surface area contributed by atoms with E-state index >= 15 is 0 Å². The fourth-order valence-corrected chi connectivity index (χ4v) is 7.39. The van der Waals surface area contributed by atoms with Crippen LogP contribution < -0.4 is 9.47 Å². The number of unbranched alkanes of at least 4 members (excludes halogenated alkanes) is 2. The summed E-state index contributed by atoms with van der Waals surface area (Å²) >= 11 is 0. The van der Waals surface area contributed by atoms with Gasteiger partial charge < -0.3 is 18.8 Å². The van der Waals surface area contributed by atoms with Crippen LogP contribution in [0.2, 0.25) is 19.6 Å². The fourth-order valence-electron chi connectivity index (χ4n) is 6.37. The van der Waals surface area contributed by atoms with E-state index in [-0.39, 0.29) is 17.6 Å². The van der Waals surface area contributed by atoms with Gasteiger partial charge in [0.15, 0.2) is 19.8 Å². The number of hydrogen-bond donors (Lipinski definition) is 0. The lowest BCUT2D eigenvalue weighted by atomic mass is 9.53. The van der Waals surface area contributed by atoms with E-state index in [0.29, 0.717) is 12.0 Å². The molecule has 5 rings (SSSR count). The Morgan fingerprint density at radius 1 is 1.20 bits per heavy atom. The van der Waals surface area contributed by atoms with Crippen molar-refractivity contribution in [2.75, 3.05) is 20.2 Å². The molecular formula is C25H37NO3Si. The van der Waals surface area contributed by atoms with Crippen LogP contribution in [0.1, 0.15) is 43.7 Å². The van der Waals surface area contributed by atoms with Crippen molar-refractivity contribution in [1.29, 1.82) is 0 Å². The SMILES string of the molecule is CCCCCOc1ccc2c3c1O[C@H]1[C@@H](O[Si](C)(C)C)C=C[C@H]4[C@@H](C2)N(C)CC[C@@]341. The van der Waals surface area contributed by atoms with Gasteiger partial charge in [-0.05, 0) is 64.1 Å². The average Bonchev–Trinajstić information content (AvgIpc) is 3.04. The molecule has 1 aromatic carbocycles. The van der Waals surface area contributed by atoms with Crippen LogP contribution in [0.15, 0.2) is 24.3 Å². The quantitative estimate of drug-likeness (QED) is 0.351. The molecule has 4 aliphatic rings. The third-order valence-electron chi connectivity index (χ3n) is 7.61. The highest BCUT2D eigenvalue weighted by molar-refractivity contribution is 6.69. The van der Waals surface area contributed by atoms with Crippen molar-refractivity contribution in [2.45, 2.75) is 82.3 Å². The monoisotopic (exact) mass is 427 g/mol. The Morgan fingerprint density at radius 3 is 2.80 bits per heavy atom. The second-order valence-electron chi connectivity index (χ2n) is 10.7. The Labute approximate surface area is 182 Å². The molecule has 1 saturated heterocycles. The molecule has 164 valence electrons. The highest BCUT2D eigenvalue weighted by atomic mass is 28.4. The summed E-state index contributed by atoms with van der Waals surface area (Å²) in [4.78, 5) is 2.56. The van der Waals surface area contributed by atoms with E-state index < -0.39 is 8.32 Å². The van der Waals surface area contributed by atoms with E-state index in [2.05, 4.69) is 62.8 Å². The molecule has 1 fully saturated rings. The molecule has 30 heavy (non-hydrogen) atoms. The van der Waals surface area contributed by atoms with E-state index in [0.717, 1.165) is 43.9 Å². The van der Waals surface area contributed by atoms with Crippen LogP contribution in [-0.2, 0) is 16.3 Å². The predicted molar refractivity (Wildman–Crippen MR) is 123 cm³/mol. The fraction of sp³-hybridized carbons (Fsp3) is 0.680. The first-order valence-electron chi connectivity index (χ1n) is 11.9. The van der Waals surface area contributed by atoms with Crippen molar-refractivity contribution in [3.8, 4) is 11.5 Å². The van der Waals surface area contributed by atoms with Crippen LogP contribution in [-0.4, -0.2) is 51.7 Å². The lowest BCUT2D eigenvalue weighted by molar-refractivity contribution is -0.0403. The Morgan fingerprint density at radius 2 is 2.03 bits per heavy atom. The van der Waals surface area contributed by atoms with Gasteiger partial charge in [0, 0.05) is 22.9 Å². The van der Waals surface area contributed by atoms with Crippen molar-refractivity contribution in [2.24, 2.45) is 5.92 Å². The van der Waals surface area contributed by atoms with E-state index in [1.807, 2.05) is 0 Å². The van der Waals surface area contributed by atoms with Crippen molar-refractivity contribution < 1.29 is 13.9 Å². The lowest BCUT2D eigenvalue weighted by Gasteiger charge is -2.57. The summed E-state index contributed by atoms with van der Waals surface area (Å²) in [5.41, 5.74) is 2.94. The van der Waals surface area contributed by atoms with Gasteiger partial charge in [-0.15, -0.1) is 0 Å². The standard InChI is InChI=1S/C25H37NO3Si/c1-6-7-8-15-27-20-11-9-17-16-19-18-10-12-21(29-30(3,4)5)24-25(18,13-14-26(19)2)22(17)23(20)28-24/h9-12,18-19,21,24H,6-8,13-16H2,1-5H3/t18-,19+,21-,24-,25-/m0/s1. The Kier molecular flexibility index (Phi) is 5.07. The molecule has 5 heteroatoms. The lowest BCUT2D eigenvalue weighted by Crippen LogP contribution is -2.65. The summed E-state index contributed by atoms with van der Waals surface area (Å²) in [7, 11) is 0.589. The Balaban J connectivity index is 1.57. The molecule has 1 aromatic rings. The van der Waals surface area contributed by atoms with Crippen LogP contribution in [0.3, 0.4) is 0 Å². The van der Waals surface area contributed by atoms with E-state index in [9.17, 15) is 0 Å². The van der Waals surface area contributed by atoms with Crippen LogP contribution >= 0.6 is 0 Å². The summed E-state index contributed by atoms with van der Waals surface area (Å²) in [5, 5.41) is 0. The van der Waals surface area contributed by atoms with Crippen molar-refractivity contribution in [3.05, 3.63) is 35.4 Å². The number of hydrogen-bond acceptors (Lipinski definition) is 4. The summed E-state index contributed by atoms with van der Waals surface area (Å²) < 4.78 is 19.8. The number of nitrogens with zero attached hydrogens (tertiary/aromatic N) is 1. The highest BCUT2D eigenvalue weighted by Gasteiger charge is 2.64. The van der Waals surface area contributed by atoms with Gasteiger partial charge in [-0.3, -0.25) is 0 Å². The highest BCUT2D eigenvalue weighted by Crippen LogP contribution is 2.62. The van der Waals surface area contributed by atoms with E-state index in [1.54, 1.807) is 0 Å². The van der Waals surface area contributed by atoms with Gasteiger partial charge in [-0.25, -0.2) is 0 Å². The zero-order chi connectivity index (χ0) is 21.1. The first-order chi connectivity index (χ1) is 14.3. The van der Waals surface area contributed by atoms with Gasteiger partial charge in [0.05, 0.1) is 6.61 Å². The number of benzene rings is 1. The maximum Gasteiger partial charge on any atom is 0.184 e. The first-order valence-corrected chi connectivity index (χ1v) is 15.3. The minimum atomic E-state index is -1.70. The minimum absolute atomic E-state index is 0.0297. The minimum Gasteiger partial charge on any atom is -0.490 e. The molecule has 2 heterocycles. The molecule has 0 amide bonds. The Hall–Kier alpha value is -1.30. The second-order valence-corrected chi connectivity index (χ2v) is 15.1. The first kappa shape index (κ1) is 20.6. The molecule has 4 nitrogen and oxygen atoms in total. The maximum atomic E-state index is 6.86. The molecule has 2 bridgehead atoms. The van der Waals surface area contributed by atoms with Crippen molar-refractivity contribution in [1.82, 2.24) is 4.90 Å². The summed E-state index contributed by atoms with van der Waals surface area (Å²) in [6.07, 6.45) is 10.6. The molecule has 0 N–H and O–H groups in total. The molecule has 5 atom stereocenters. The van der Waals surface area contributed by atoms with Gasteiger partial charge >= 0.3 is 0 Å². The third kappa shape index (κ3) is 3.08. The van der Waals surface area contributed by atoms with Crippen LogP contribution in [0.5, 0.6) is 11.5 Å². The molecular weight excluding hydrogens is 390 g/mol. The number of rotatable bonds is 7. The van der Waals surface area contributed by atoms with Gasteiger partial charge in [0.25, 0.3) is 0 Å². The van der Waals surface area contributed by atoms with Gasteiger partial charge in [-0.1, -0.05) is 38.0 Å². The number of ether oxygens (including phenoxy) is 2. The smallest absolute Gasteiger partial charge is 0.184 e. The number of piperidine rings is 1. The zero-order valence-corrected chi connectivity index (χ0v) is 20.2. The summed E-state index contributed by atoms with van der Waals surface area (Å²) in [5.74, 6) is 2.46. The molecule has 0 unspecified atom stereocenters. The average molecular weight is 428 g/mol. The topological polar surface area (TPSA) is 30.9 Å². The van der Waals surface area contributed by atoms with Crippen LogP contribution in [0, 0.1) is 5.92 Å². The molecule has 0 aromatic heterocycles. The largest absolute Gasteiger partial charge is 0.490 e. The second kappa shape index (κ2) is 7.39. The van der Waals surface area contributed by atoms with Gasteiger partial charge in [-0.2, -0.15) is 0 Å². The third-order valence-corrected chi connectivity index (χ3v) is 8.59. The Bertz CT molecular complexity index is 848. The maximum absolute atomic E-state index is 6.86. The predicted octanol–water partition coefficient (Wildman–Crippen LogP) is 4.92. The molecule has 0 radical (unpaired) electrons. The normalized spacial score (nSPS) is 33.9. The van der Waals surface area contributed by atoms with Gasteiger partial charge in [0.2, 0.25) is 0 Å². The summed E-state index contributed by atoms with van der Waals surface area (Å²) in [6, 6.07) is 5.02. The molecule has 2 aliphatic heterocycles. The van der Waals surface area contributed by atoms with E-state index in [1.165, 1.54) is 24.0 Å². The molecule has 2 aliphatic carbocycles. The van der Waals surface area contributed by atoms with Crippen LogP contribution in [0.4, 0.5) is 0 Å². The summed E-state index contributed by atoms with van der Waals surface area (Å²) in [6.45, 7) is 10.9. The van der Waals surface area contributed by atoms with Crippen molar-refractivity contribution >= 4 is 8.32 Å². The molecule has 1 spiro atoms. The zero-order valence-electron chi connectivity index (χ0n) is 19.2. The van der Waals surface area contributed by atoms with Crippen molar-refractivity contribution in [3.63, 3.8) is 0 Å². The van der Waals surface area contributed by atoms with Gasteiger partial charge in [0.1, 0.15) is 12.2 Å². The van der Waals surface area contributed by atoms with Crippen LogP contribution in [0.25, 0.3) is 0 Å². The number of likely N-dealkylation sites (tertiary alicyclic amines) is 1. The number of likely N-dealkylation sites (N-methyl/N-ethyl adjacent to an activating group) is 1. The van der Waals surface area contributed by atoms with E-state index in [4.69, 9.17) is 13.9 Å². The molecule has 0 saturated carbocycles.